The standard InChI is InChI=1S/C8H14N4O/c1-6-5-7(11-10-6)8(13)12(2)4-3-9/h5H,3-4,9H2,1-2H3,(H,10,11). The van der Waals surface area contributed by atoms with Gasteiger partial charge in [-0.1, -0.05) is 0 Å². The third kappa shape index (κ3) is 2.29. The van der Waals surface area contributed by atoms with E-state index in [9.17, 15) is 4.79 Å². The van der Waals surface area contributed by atoms with Gasteiger partial charge in [0.25, 0.3) is 5.91 Å². The largest absolute Gasteiger partial charge is 0.339 e. The lowest BCUT2D eigenvalue weighted by molar-refractivity contribution is 0.0793. The highest BCUT2D eigenvalue weighted by atomic mass is 16.2. The van der Waals surface area contributed by atoms with E-state index in [-0.39, 0.29) is 5.91 Å². The average molecular weight is 182 g/mol. The highest BCUT2D eigenvalue weighted by Gasteiger charge is 2.13. The monoisotopic (exact) mass is 182 g/mol. The molecule has 1 rings (SSSR count). The van der Waals surface area contributed by atoms with Gasteiger partial charge in [-0.05, 0) is 13.0 Å². The summed E-state index contributed by atoms with van der Waals surface area (Å²) in [4.78, 5) is 13.1. The van der Waals surface area contributed by atoms with E-state index < -0.39 is 0 Å². The zero-order chi connectivity index (χ0) is 9.84. The Hall–Kier alpha value is -1.36. The van der Waals surface area contributed by atoms with Crippen molar-refractivity contribution in [2.75, 3.05) is 20.1 Å². The third-order valence-electron chi connectivity index (χ3n) is 1.74. The van der Waals surface area contributed by atoms with Crippen molar-refractivity contribution in [1.82, 2.24) is 15.1 Å². The van der Waals surface area contributed by atoms with Crippen molar-refractivity contribution < 1.29 is 4.79 Å². The number of nitrogens with one attached hydrogen (secondary N) is 1. The van der Waals surface area contributed by atoms with Crippen LogP contribution in [0.25, 0.3) is 0 Å². The molecule has 0 aromatic carbocycles. The minimum atomic E-state index is -0.102. The van der Waals surface area contributed by atoms with Crippen LogP contribution in [0.4, 0.5) is 0 Å². The number of amides is 1. The Labute approximate surface area is 76.9 Å². The molecule has 0 spiro atoms. The van der Waals surface area contributed by atoms with Crippen LogP contribution in [-0.4, -0.2) is 41.1 Å². The first-order chi connectivity index (χ1) is 6.15. The Kier molecular flexibility index (Phi) is 3.02. The lowest BCUT2D eigenvalue weighted by Crippen LogP contribution is -2.31. The second-order valence-corrected chi connectivity index (χ2v) is 2.95. The summed E-state index contributed by atoms with van der Waals surface area (Å²) >= 11 is 0. The predicted molar refractivity (Wildman–Crippen MR) is 49.3 cm³/mol. The van der Waals surface area contributed by atoms with Crippen LogP contribution < -0.4 is 5.73 Å². The SMILES string of the molecule is Cc1cc(C(=O)N(C)CCN)n[nH]1. The Morgan fingerprint density at radius 2 is 2.46 bits per heavy atom. The number of carbonyl (C=O) groups excluding carboxylic acids is 1. The summed E-state index contributed by atoms with van der Waals surface area (Å²) in [5.41, 5.74) is 6.65. The summed E-state index contributed by atoms with van der Waals surface area (Å²) in [6, 6.07) is 1.72. The van der Waals surface area contributed by atoms with Crippen LogP contribution >= 0.6 is 0 Å². The van der Waals surface area contributed by atoms with Crippen LogP contribution in [0.2, 0.25) is 0 Å². The number of nitrogens with two attached hydrogens (primary N) is 1. The van der Waals surface area contributed by atoms with Gasteiger partial charge >= 0.3 is 0 Å². The van der Waals surface area contributed by atoms with Gasteiger partial charge in [0.1, 0.15) is 5.69 Å². The van der Waals surface area contributed by atoms with Crippen molar-refractivity contribution in [3.05, 3.63) is 17.5 Å². The summed E-state index contributed by atoms with van der Waals surface area (Å²) in [6.07, 6.45) is 0. The van der Waals surface area contributed by atoms with Crippen molar-refractivity contribution in [2.45, 2.75) is 6.92 Å². The van der Waals surface area contributed by atoms with E-state index in [1.165, 1.54) is 0 Å². The van der Waals surface area contributed by atoms with Crippen LogP contribution in [0.15, 0.2) is 6.07 Å². The van der Waals surface area contributed by atoms with Gasteiger partial charge in [0, 0.05) is 25.8 Å². The number of hydrogen-bond donors (Lipinski definition) is 2. The predicted octanol–water partition coefficient (Wildman–Crippen LogP) is -0.251. The van der Waals surface area contributed by atoms with E-state index in [1.807, 2.05) is 6.92 Å². The average Bonchev–Trinajstić information content (AvgIpc) is 2.51. The summed E-state index contributed by atoms with van der Waals surface area (Å²) in [5.74, 6) is -0.102. The molecule has 5 nitrogen and oxygen atoms in total. The summed E-state index contributed by atoms with van der Waals surface area (Å²) in [7, 11) is 1.71. The molecule has 0 saturated heterocycles. The maximum atomic E-state index is 11.5. The molecule has 1 aromatic heterocycles. The van der Waals surface area contributed by atoms with Crippen LogP contribution in [0, 0.1) is 6.92 Å². The zero-order valence-electron chi connectivity index (χ0n) is 7.87. The number of hydrogen-bond acceptors (Lipinski definition) is 3. The fourth-order valence-electron chi connectivity index (χ4n) is 1.02. The maximum Gasteiger partial charge on any atom is 0.274 e. The van der Waals surface area contributed by atoms with Gasteiger partial charge in [-0.2, -0.15) is 5.10 Å². The summed E-state index contributed by atoms with van der Waals surface area (Å²) in [6.45, 7) is 2.86. The molecule has 0 radical (unpaired) electrons. The highest BCUT2D eigenvalue weighted by molar-refractivity contribution is 5.92. The number of likely N-dealkylation sites (N-methyl/N-ethyl adjacent to an activating group) is 1. The molecule has 1 heterocycles. The molecule has 5 heteroatoms. The molecule has 1 aromatic rings. The molecule has 0 fully saturated rings. The summed E-state index contributed by atoms with van der Waals surface area (Å²) in [5, 5.41) is 6.58. The molecule has 0 aliphatic rings. The van der Waals surface area contributed by atoms with E-state index in [4.69, 9.17) is 5.73 Å². The third-order valence-corrected chi connectivity index (χ3v) is 1.74. The molecule has 1 amide bonds. The van der Waals surface area contributed by atoms with E-state index in [0.29, 0.717) is 18.8 Å². The Morgan fingerprint density at radius 3 is 2.92 bits per heavy atom. The Balaban J connectivity index is 2.67. The maximum absolute atomic E-state index is 11.5. The normalized spacial score (nSPS) is 10.1. The number of aromatic amines is 1. The first-order valence-corrected chi connectivity index (χ1v) is 4.12. The van der Waals surface area contributed by atoms with Gasteiger partial charge in [-0.25, -0.2) is 0 Å². The van der Waals surface area contributed by atoms with Crippen molar-refractivity contribution >= 4 is 5.91 Å². The first kappa shape index (κ1) is 9.73. The fraction of sp³-hybridized carbons (Fsp3) is 0.500. The summed E-state index contributed by atoms with van der Waals surface area (Å²) < 4.78 is 0. The lowest BCUT2D eigenvalue weighted by Gasteiger charge is -2.13. The van der Waals surface area contributed by atoms with Gasteiger partial charge in [0.05, 0.1) is 0 Å². The Bertz CT molecular complexity index is 294. The van der Waals surface area contributed by atoms with Gasteiger partial charge in [0.15, 0.2) is 0 Å². The fourth-order valence-corrected chi connectivity index (χ4v) is 1.02. The van der Waals surface area contributed by atoms with E-state index in [1.54, 1.807) is 18.0 Å². The second kappa shape index (κ2) is 4.04. The molecular formula is C8H14N4O. The minimum absolute atomic E-state index is 0.102. The quantitative estimate of drug-likeness (QED) is 0.676. The highest BCUT2D eigenvalue weighted by Crippen LogP contribution is 2.00. The topological polar surface area (TPSA) is 75.0 Å². The Morgan fingerprint density at radius 1 is 1.77 bits per heavy atom. The molecule has 0 bridgehead atoms. The molecule has 13 heavy (non-hydrogen) atoms. The van der Waals surface area contributed by atoms with Gasteiger partial charge in [-0.15, -0.1) is 0 Å². The molecule has 0 unspecified atom stereocenters. The van der Waals surface area contributed by atoms with Gasteiger partial charge in [-0.3, -0.25) is 9.89 Å². The van der Waals surface area contributed by atoms with Gasteiger partial charge in [0.2, 0.25) is 0 Å². The van der Waals surface area contributed by atoms with E-state index >= 15 is 0 Å². The minimum Gasteiger partial charge on any atom is -0.339 e. The van der Waals surface area contributed by atoms with E-state index in [2.05, 4.69) is 10.2 Å². The zero-order valence-corrected chi connectivity index (χ0v) is 7.87. The molecule has 0 aliphatic heterocycles. The van der Waals surface area contributed by atoms with E-state index in [0.717, 1.165) is 5.69 Å². The van der Waals surface area contributed by atoms with Crippen molar-refractivity contribution in [2.24, 2.45) is 5.73 Å². The molecule has 3 N–H and O–H groups in total. The molecule has 0 saturated carbocycles. The number of aromatic nitrogens is 2. The van der Waals surface area contributed by atoms with Crippen LogP contribution in [-0.2, 0) is 0 Å². The lowest BCUT2D eigenvalue weighted by atomic mass is 10.3. The van der Waals surface area contributed by atoms with Crippen molar-refractivity contribution in [3.8, 4) is 0 Å². The molecule has 0 atom stereocenters. The number of nitrogens with zero attached hydrogens (tertiary/aromatic N) is 2. The number of rotatable bonds is 3. The first-order valence-electron chi connectivity index (χ1n) is 4.12. The number of H-pyrrole nitrogens is 1. The molecule has 72 valence electrons. The van der Waals surface area contributed by atoms with Crippen molar-refractivity contribution in [1.29, 1.82) is 0 Å². The van der Waals surface area contributed by atoms with Crippen LogP contribution in [0.5, 0.6) is 0 Å². The second-order valence-electron chi connectivity index (χ2n) is 2.95. The van der Waals surface area contributed by atoms with Crippen LogP contribution in [0.3, 0.4) is 0 Å². The number of aryl methyl sites for hydroxylation is 1. The van der Waals surface area contributed by atoms with Crippen molar-refractivity contribution in [3.63, 3.8) is 0 Å². The molecular weight excluding hydrogens is 168 g/mol. The van der Waals surface area contributed by atoms with Gasteiger partial charge < -0.3 is 10.6 Å². The smallest absolute Gasteiger partial charge is 0.274 e. The number of carbonyl (C=O) groups is 1. The molecule has 0 aliphatic carbocycles. The van der Waals surface area contributed by atoms with Crippen LogP contribution in [0.1, 0.15) is 16.2 Å².